The molecule has 0 aromatic heterocycles. The highest BCUT2D eigenvalue weighted by atomic mass is 35.5. The minimum Gasteiger partial charge on any atom is -0.467 e. The molecule has 0 aliphatic rings. The Morgan fingerprint density at radius 1 is 1.04 bits per heavy atom. The summed E-state index contributed by atoms with van der Waals surface area (Å²) in [6.07, 6.45) is -0.677. The average Bonchev–Trinajstić information content (AvgIpc) is 2.51. The standard InChI is InChI=1S/C20H28ClNO6/c1-19(2,3)27-16(23)13-9-8-12(14(21)10-13)11-15(17(24)26-7)22-18(25)28-20(4,5)6/h8-10,15H,11H2,1-7H3,(H,22,25)/t15-/m0/s1. The van der Waals surface area contributed by atoms with Gasteiger partial charge in [-0.2, -0.15) is 0 Å². The predicted octanol–water partition coefficient (Wildman–Crippen LogP) is 3.90. The molecule has 0 saturated carbocycles. The van der Waals surface area contributed by atoms with E-state index in [-0.39, 0.29) is 11.4 Å². The average molecular weight is 414 g/mol. The van der Waals surface area contributed by atoms with E-state index < -0.39 is 35.3 Å². The normalized spacial score (nSPS) is 12.7. The van der Waals surface area contributed by atoms with Crippen LogP contribution in [0, 0.1) is 0 Å². The van der Waals surface area contributed by atoms with Gasteiger partial charge in [-0.25, -0.2) is 14.4 Å². The third-order valence-corrected chi connectivity index (χ3v) is 3.64. The molecule has 28 heavy (non-hydrogen) atoms. The lowest BCUT2D eigenvalue weighted by molar-refractivity contribution is -0.143. The molecule has 0 aliphatic heterocycles. The summed E-state index contributed by atoms with van der Waals surface area (Å²) < 4.78 is 15.2. The van der Waals surface area contributed by atoms with Crippen molar-refractivity contribution in [3.63, 3.8) is 0 Å². The van der Waals surface area contributed by atoms with Crippen LogP contribution in [0.25, 0.3) is 0 Å². The van der Waals surface area contributed by atoms with Crippen molar-refractivity contribution < 1.29 is 28.6 Å². The van der Waals surface area contributed by atoms with Gasteiger partial charge in [-0.1, -0.05) is 17.7 Å². The van der Waals surface area contributed by atoms with Gasteiger partial charge >= 0.3 is 18.0 Å². The van der Waals surface area contributed by atoms with E-state index in [2.05, 4.69) is 5.32 Å². The largest absolute Gasteiger partial charge is 0.467 e. The number of rotatable bonds is 5. The van der Waals surface area contributed by atoms with Gasteiger partial charge in [-0.3, -0.25) is 0 Å². The summed E-state index contributed by atoms with van der Waals surface area (Å²) in [5.74, 6) is -1.14. The number of amides is 1. The van der Waals surface area contributed by atoms with E-state index in [9.17, 15) is 14.4 Å². The first-order valence-corrected chi connectivity index (χ1v) is 9.19. The van der Waals surface area contributed by atoms with Crippen LogP contribution in [0.4, 0.5) is 4.79 Å². The highest BCUT2D eigenvalue weighted by Gasteiger charge is 2.26. The third-order valence-electron chi connectivity index (χ3n) is 3.29. The number of carbonyl (C=O) groups is 3. The van der Waals surface area contributed by atoms with Gasteiger partial charge in [0, 0.05) is 11.4 Å². The molecule has 0 aliphatic carbocycles. The number of carbonyl (C=O) groups excluding carboxylic acids is 3. The van der Waals surface area contributed by atoms with E-state index in [4.69, 9.17) is 25.8 Å². The Morgan fingerprint density at radius 2 is 1.61 bits per heavy atom. The summed E-state index contributed by atoms with van der Waals surface area (Å²) in [5, 5.41) is 2.75. The summed E-state index contributed by atoms with van der Waals surface area (Å²) in [7, 11) is 1.22. The molecule has 0 fully saturated rings. The zero-order chi connectivity index (χ0) is 21.7. The van der Waals surface area contributed by atoms with Crippen molar-refractivity contribution in [2.45, 2.75) is 65.2 Å². The minimum absolute atomic E-state index is 0.0688. The van der Waals surface area contributed by atoms with Crippen LogP contribution in [0.1, 0.15) is 57.5 Å². The van der Waals surface area contributed by atoms with Gasteiger partial charge in [0.1, 0.15) is 17.2 Å². The molecule has 1 atom stereocenters. The fourth-order valence-corrected chi connectivity index (χ4v) is 2.44. The van der Waals surface area contributed by atoms with Crippen LogP contribution in [0.15, 0.2) is 18.2 Å². The van der Waals surface area contributed by atoms with Gasteiger partial charge in [-0.05, 0) is 59.2 Å². The van der Waals surface area contributed by atoms with Crippen molar-refractivity contribution in [3.8, 4) is 0 Å². The number of benzene rings is 1. The monoisotopic (exact) mass is 413 g/mol. The number of esters is 2. The van der Waals surface area contributed by atoms with E-state index in [1.807, 2.05) is 0 Å². The summed E-state index contributed by atoms with van der Waals surface area (Å²) in [6, 6.07) is 3.63. The van der Waals surface area contributed by atoms with Crippen LogP contribution in [0.5, 0.6) is 0 Å². The molecule has 0 radical (unpaired) electrons. The number of alkyl carbamates (subject to hydrolysis) is 1. The predicted molar refractivity (Wildman–Crippen MR) is 105 cm³/mol. The molecule has 0 bridgehead atoms. The Morgan fingerprint density at radius 3 is 2.07 bits per heavy atom. The minimum atomic E-state index is -0.996. The summed E-state index contributed by atoms with van der Waals surface area (Å²) in [5.41, 5.74) is -0.494. The lowest BCUT2D eigenvalue weighted by atomic mass is 10.0. The molecule has 0 spiro atoms. The molecule has 0 unspecified atom stereocenters. The molecule has 1 N–H and O–H groups in total. The molecule has 1 aromatic rings. The fraction of sp³-hybridized carbons (Fsp3) is 0.550. The van der Waals surface area contributed by atoms with E-state index >= 15 is 0 Å². The highest BCUT2D eigenvalue weighted by Crippen LogP contribution is 2.22. The zero-order valence-electron chi connectivity index (χ0n) is 17.3. The molecule has 8 heteroatoms. The first kappa shape index (κ1) is 23.8. The topological polar surface area (TPSA) is 90.9 Å². The molecular formula is C20H28ClNO6. The molecule has 7 nitrogen and oxygen atoms in total. The quantitative estimate of drug-likeness (QED) is 0.581. The third kappa shape index (κ3) is 8.17. The molecular weight excluding hydrogens is 386 g/mol. The van der Waals surface area contributed by atoms with E-state index in [1.54, 1.807) is 53.7 Å². The first-order valence-electron chi connectivity index (χ1n) is 8.81. The Kier molecular flexibility index (Phi) is 7.87. The summed E-state index contributed by atoms with van der Waals surface area (Å²) >= 11 is 6.28. The number of hydrogen-bond donors (Lipinski definition) is 1. The van der Waals surface area contributed by atoms with Crippen molar-refractivity contribution in [1.82, 2.24) is 5.32 Å². The van der Waals surface area contributed by atoms with Crippen LogP contribution in [-0.2, 0) is 25.4 Å². The van der Waals surface area contributed by atoms with Gasteiger partial charge in [0.15, 0.2) is 0 Å². The second-order valence-electron chi connectivity index (χ2n) is 8.23. The Balaban J connectivity index is 2.96. The number of ether oxygens (including phenoxy) is 3. The molecule has 156 valence electrons. The number of methoxy groups -OCH3 is 1. The number of nitrogens with one attached hydrogen (secondary N) is 1. The summed E-state index contributed by atoms with van der Waals surface area (Å²) in [4.78, 5) is 36.2. The molecule has 0 saturated heterocycles. The Labute approximate surface area is 170 Å². The Bertz CT molecular complexity index is 733. The van der Waals surface area contributed by atoms with Gasteiger partial charge in [0.05, 0.1) is 12.7 Å². The lowest BCUT2D eigenvalue weighted by Crippen LogP contribution is -2.45. The van der Waals surface area contributed by atoms with Crippen LogP contribution < -0.4 is 5.32 Å². The van der Waals surface area contributed by atoms with Crippen LogP contribution in [0.3, 0.4) is 0 Å². The summed E-state index contributed by atoms with van der Waals surface area (Å²) in [6.45, 7) is 10.4. The van der Waals surface area contributed by atoms with Crippen molar-refractivity contribution in [3.05, 3.63) is 34.3 Å². The molecule has 1 amide bonds. The smallest absolute Gasteiger partial charge is 0.408 e. The van der Waals surface area contributed by atoms with E-state index in [0.29, 0.717) is 11.1 Å². The van der Waals surface area contributed by atoms with Crippen molar-refractivity contribution >= 4 is 29.6 Å². The maximum absolute atomic E-state index is 12.2. The van der Waals surface area contributed by atoms with Gasteiger partial charge in [0.25, 0.3) is 0 Å². The molecule has 1 rings (SSSR count). The van der Waals surface area contributed by atoms with Crippen molar-refractivity contribution in [2.75, 3.05) is 7.11 Å². The number of hydrogen-bond acceptors (Lipinski definition) is 6. The van der Waals surface area contributed by atoms with E-state index in [1.165, 1.54) is 13.2 Å². The van der Waals surface area contributed by atoms with Crippen molar-refractivity contribution in [1.29, 1.82) is 0 Å². The highest BCUT2D eigenvalue weighted by molar-refractivity contribution is 6.31. The van der Waals surface area contributed by atoms with Gasteiger partial charge < -0.3 is 19.5 Å². The fourth-order valence-electron chi connectivity index (χ4n) is 2.18. The molecule has 0 heterocycles. The van der Waals surface area contributed by atoms with Crippen LogP contribution in [-0.4, -0.2) is 42.4 Å². The van der Waals surface area contributed by atoms with Gasteiger partial charge in [-0.15, -0.1) is 0 Å². The maximum Gasteiger partial charge on any atom is 0.408 e. The molecule has 1 aromatic carbocycles. The van der Waals surface area contributed by atoms with Gasteiger partial charge in [0.2, 0.25) is 0 Å². The SMILES string of the molecule is COC(=O)[C@H](Cc1ccc(C(=O)OC(C)(C)C)cc1Cl)NC(=O)OC(C)(C)C. The van der Waals surface area contributed by atoms with E-state index in [0.717, 1.165) is 0 Å². The zero-order valence-corrected chi connectivity index (χ0v) is 18.1. The van der Waals surface area contributed by atoms with Crippen molar-refractivity contribution in [2.24, 2.45) is 0 Å². The lowest BCUT2D eigenvalue weighted by Gasteiger charge is -2.23. The maximum atomic E-state index is 12.2. The Hall–Kier alpha value is -2.28. The first-order chi connectivity index (χ1) is 12.7. The second-order valence-corrected chi connectivity index (χ2v) is 8.64. The number of halogens is 1. The van der Waals surface area contributed by atoms with Crippen LogP contribution >= 0.6 is 11.6 Å². The van der Waals surface area contributed by atoms with Crippen LogP contribution in [0.2, 0.25) is 5.02 Å². The second kappa shape index (κ2) is 9.28.